The molecule has 6 nitrogen and oxygen atoms in total. The van der Waals surface area contributed by atoms with E-state index in [-0.39, 0.29) is 90.6 Å². The summed E-state index contributed by atoms with van der Waals surface area (Å²) in [6, 6.07) is 21.3. The summed E-state index contributed by atoms with van der Waals surface area (Å²) in [4.78, 5) is 14.9. The van der Waals surface area contributed by atoms with Crippen LogP contribution in [0.2, 0.25) is 0 Å². The smallest absolute Gasteiger partial charge is 0.238 e. The number of rotatable bonds is 5. The van der Waals surface area contributed by atoms with Crippen LogP contribution in [-0.2, 0) is 0 Å². The zero-order valence-electron chi connectivity index (χ0n) is 43.3. The second-order valence-electron chi connectivity index (χ2n) is 13.3. The van der Waals surface area contributed by atoms with E-state index in [9.17, 15) is 5.48 Å². The lowest BCUT2D eigenvalue weighted by Crippen LogP contribution is -2.06. The standard InChI is InChI=1S/C51H30N4O2/c1-4-15-31(16-5-1)35-23-14-26-43-45(35)38-28-27-34(29-44(38)56-43)50-52-49(33-19-8-3-9-20-33)53-51(54-50)55-40-24-12-10-21-36(40)46-41(55)30-39(32-17-6-2-7-18-32)48-47(46)37-22-11-13-25-42(37)57-48/h1-30H/i1D,4D,5D,10D,11D,12D,13D,15D,16D,21D,22D,24D,25D,30D. The summed E-state index contributed by atoms with van der Waals surface area (Å²) in [7, 11) is 0. The molecule has 0 amide bonds. The molecule has 0 aliphatic rings. The van der Waals surface area contributed by atoms with Crippen molar-refractivity contribution in [2.75, 3.05) is 0 Å². The highest BCUT2D eigenvalue weighted by Crippen LogP contribution is 2.45. The van der Waals surface area contributed by atoms with Crippen LogP contribution in [0.5, 0.6) is 0 Å². The van der Waals surface area contributed by atoms with E-state index in [1.807, 2.05) is 6.07 Å². The highest BCUT2D eigenvalue weighted by Gasteiger charge is 2.24. The normalized spacial score (nSPS) is 15.3. The number of aromatic nitrogens is 4. The fourth-order valence-electron chi connectivity index (χ4n) is 7.64. The molecule has 0 bridgehead atoms. The van der Waals surface area contributed by atoms with Crippen molar-refractivity contribution in [2.45, 2.75) is 0 Å². The van der Waals surface area contributed by atoms with Crippen LogP contribution in [0.15, 0.2) is 190 Å². The van der Waals surface area contributed by atoms with Gasteiger partial charge in [-0.3, -0.25) is 4.57 Å². The molecule has 0 radical (unpaired) electrons. The topological polar surface area (TPSA) is 69.9 Å². The monoisotopic (exact) mass is 744 g/mol. The average Bonchev–Trinajstić information content (AvgIpc) is 4.09. The maximum atomic E-state index is 10.1. The summed E-state index contributed by atoms with van der Waals surface area (Å²) in [6.07, 6.45) is 0. The number of nitrogens with zero attached hydrogens (tertiary/aromatic N) is 4. The Hall–Kier alpha value is -7.83. The van der Waals surface area contributed by atoms with Gasteiger partial charge in [-0.25, -0.2) is 4.98 Å². The number of hydrogen-bond acceptors (Lipinski definition) is 5. The van der Waals surface area contributed by atoms with Crippen LogP contribution in [0.3, 0.4) is 0 Å². The predicted octanol–water partition coefficient (Wildman–Crippen LogP) is 13.4. The van der Waals surface area contributed by atoms with Gasteiger partial charge in [0.2, 0.25) is 5.95 Å². The van der Waals surface area contributed by atoms with Gasteiger partial charge in [0.15, 0.2) is 11.6 Å². The van der Waals surface area contributed by atoms with Gasteiger partial charge in [-0.2, -0.15) is 9.97 Å². The second-order valence-corrected chi connectivity index (χ2v) is 13.3. The van der Waals surface area contributed by atoms with E-state index in [1.165, 1.54) is 4.57 Å². The Morgan fingerprint density at radius 3 is 1.98 bits per heavy atom. The van der Waals surface area contributed by atoms with Gasteiger partial charge in [0, 0.05) is 49.0 Å². The molecule has 8 aromatic carbocycles. The molecule has 0 aliphatic heterocycles. The minimum Gasteiger partial charge on any atom is -0.456 e. The maximum absolute atomic E-state index is 10.1. The molecule has 0 saturated carbocycles. The van der Waals surface area contributed by atoms with E-state index in [0.29, 0.717) is 44.2 Å². The lowest BCUT2D eigenvalue weighted by atomic mass is 9.98. The zero-order chi connectivity index (χ0) is 49.6. The maximum Gasteiger partial charge on any atom is 0.238 e. The van der Waals surface area contributed by atoms with Gasteiger partial charge in [-0.1, -0.05) is 145 Å². The third kappa shape index (κ3) is 4.87. The molecule has 57 heavy (non-hydrogen) atoms. The Bertz CT molecular complexity index is 4320. The number of hydrogen-bond donors (Lipinski definition) is 0. The van der Waals surface area contributed by atoms with Gasteiger partial charge in [0.1, 0.15) is 22.3 Å². The van der Waals surface area contributed by atoms with Crippen molar-refractivity contribution in [1.82, 2.24) is 19.5 Å². The first-order valence-electron chi connectivity index (χ1n) is 24.9. The lowest BCUT2D eigenvalue weighted by Gasteiger charge is -2.12. The molecular formula is C51H30N4O2. The van der Waals surface area contributed by atoms with E-state index in [1.54, 1.807) is 91.0 Å². The molecule has 4 aromatic heterocycles. The molecule has 0 unspecified atom stereocenters. The SMILES string of the molecule is [2H]c1c([2H])c([2H])c(-c2cccc3oc4cc(-c5nc(-c6ccccc6)nc(-n6c7c([2H])c([2H])c([2H])c([2H])c7c7c8c(oc9c([2H])c([2H])c([2H])c([2H])c98)c(-c8ccccc8)c([2H])c76)n5)ccc4c23)c([2H])c1[2H]. The third-order valence-electron chi connectivity index (χ3n) is 10.1. The summed E-state index contributed by atoms with van der Waals surface area (Å²) in [5.74, 6) is 0.0682. The largest absolute Gasteiger partial charge is 0.456 e. The van der Waals surface area contributed by atoms with Gasteiger partial charge in [0.25, 0.3) is 0 Å². The van der Waals surface area contributed by atoms with Crippen molar-refractivity contribution < 1.29 is 28.0 Å². The van der Waals surface area contributed by atoms with Crippen molar-refractivity contribution in [2.24, 2.45) is 0 Å². The van der Waals surface area contributed by atoms with Crippen LogP contribution in [0.25, 0.3) is 117 Å². The Morgan fingerprint density at radius 2 is 1.16 bits per heavy atom. The number of para-hydroxylation sites is 2. The summed E-state index contributed by atoms with van der Waals surface area (Å²) < 4.78 is 139. The highest BCUT2D eigenvalue weighted by molar-refractivity contribution is 6.29. The minimum atomic E-state index is -0.590. The highest BCUT2D eigenvalue weighted by atomic mass is 16.3. The lowest BCUT2D eigenvalue weighted by molar-refractivity contribution is 0.669. The van der Waals surface area contributed by atoms with E-state index in [0.717, 1.165) is 0 Å². The molecule has 12 aromatic rings. The number of benzene rings is 8. The fourth-order valence-corrected chi connectivity index (χ4v) is 7.64. The molecule has 4 heterocycles. The van der Waals surface area contributed by atoms with E-state index >= 15 is 0 Å². The summed E-state index contributed by atoms with van der Waals surface area (Å²) in [5.41, 5.74) is 2.38. The first kappa shape index (κ1) is 20.7. The molecule has 0 N–H and O–H groups in total. The van der Waals surface area contributed by atoms with E-state index < -0.39 is 66.5 Å². The quantitative estimate of drug-likeness (QED) is 0.175. The van der Waals surface area contributed by atoms with Crippen LogP contribution < -0.4 is 0 Å². The molecule has 0 fully saturated rings. The van der Waals surface area contributed by atoms with Crippen molar-refractivity contribution in [1.29, 1.82) is 0 Å². The Balaban J connectivity index is 1.21. The molecule has 0 atom stereocenters. The molecule has 6 heteroatoms. The zero-order valence-corrected chi connectivity index (χ0v) is 29.3. The summed E-state index contributed by atoms with van der Waals surface area (Å²) >= 11 is 0. The molecule has 0 aliphatic carbocycles. The minimum absolute atomic E-state index is 0.00228. The van der Waals surface area contributed by atoms with Crippen LogP contribution in [0, 0.1) is 0 Å². The number of furan rings is 2. The second kappa shape index (κ2) is 12.3. The van der Waals surface area contributed by atoms with Gasteiger partial charge in [0.05, 0.1) is 30.2 Å². The average molecular weight is 745 g/mol. The molecule has 266 valence electrons. The van der Waals surface area contributed by atoms with Crippen LogP contribution in [-0.4, -0.2) is 19.5 Å². The van der Waals surface area contributed by atoms with Gasteiger partial charge < -0.3 is 8.83 Å². The van der Waals surface area contributed by atoms with Crippen LogP contribution in [0.1, 0.15) is 19.2 Å². The fraction of sp³-hybridized carbons (Fsp3) is 0. The molecule has 0 saturated heterocycles. The predicted molar refractivity (Wildman–Crippen MR) is 230 cm³/mol. The van der Waals surface area contributed by atoms with Crippen molar-refractivity contribution in [3.8, 4) is 51.0 Å². The Morgan fingerprint density at radius 1 is 0.439 bits per heavy atom. The van der Waals surface area contributed by atoms with Crippen molar-refractivity contribution >= 4 is 65.7 Å². The number of fused-ring (bicyclic) bond motifs is 10. The molecule has 12 rings (SSSR count). The third-order valence-corrected chi connectivity index (χ3v) is 10.1. The van der Waals surface area contributed by atoms with Gasteiger partial charge in [-0.15, -0.1) is 0 Å². The van der Waals surface area contributed by atoms with Crippen molar-refractivity contribution in [3.63, 3.8) is 0 Å². The Labute approximate surface area is 345 Å². The van der Waals surface area contributed by atoms with Crippen LogP contribution >= 0.6 is 0 Å². The summed E-state index contributed by atoms with van der Waals surface area (Å²) in [5, 5.41) is 1.10. The van der Waals surface area contributed by atoms with Gasteiger partial charge >= 0.3 is 0 Å². The summed E-state index contributed by atoms with van der Waals surface area (Å²) in [6.45, 7) is 0. The molecular weight excluding hydrogens is 701 g/mol. The molecule has 0 spiro atoms. The Kier molecular flexibility index (Phi) is 4.49. The first-order chi connectivity index (χ1) is 34.1. The van der Waals surface area contributed by atoms with E-state index in [4.69, 9.17) is 37.5 Å². The van der Waals surface area contributed by atoms with Crippen molar-refractivity contribution in [3.05, 3.63) is 182 Å². The van der Waals surface area contributed by atoms with Crippen LogP contribution in [0.4, 0.5) is 0 Å². The first-order valence-corrected chi connectivity index (χ1v) is 17.9. The van der Waals surface area contributed by atoms with Gasteiger partial charge in [-0.05, 0) is 53.0 Å². The van der Waals surface area contributed by atoms with E-state index in [2.05, 4.69) is 0 Å².